The molecule has 1 N–H and O–H groups in total. The summed E-state index contributed by atoms with van der Waals surface area (Å²) in [6.07, 6.45) is 0. The Kier molecular flexibility index (Phi) is 1.92. The average Bonchev–Trinajstić information content (AvgIpc) is 2.16. The van der Waals surface area contributed by atoms with Gasteiger partial charge in [0, 0.05) is 6.92 Å². The van der Waals surface area contributed by atoms with Crippen LogP contribution in [0.15, 0.2) is 12.1 Å². The monoisotopic (exact) mass is 192 g/mol. The van der Waals surface area contributed by atoms with Crippen LogP contribution in [-0.2, 0) is 4.79 Å². The first-order valence-electron chi connectivity index (χ1n) is 4.11. The Morgan fingerprint density at radius 2 is 2.36 bits per heavy atom. The molecule has 0 unspecified atom stereocenters. The second-order valence-corrected chi connectivity index (χ2v) is 2.94. The summed E-state index contributed by atoms with van der Waals surface area (Å²) >= 11 is 0. The number of carbonyl (C=O) groups is 2. The predicted molar refractivity (Wildman–Crippen MR) is 48.4 cm³/mol. The summed E-state index contributed by atoms with van der Waals surface area (Å²) in [7, 11) is 0. The Morgan fingerprint density at radius 1 is 1.57 bits per heavy atom. The maximum absolute atomic E-state index is 11.0. The van der Waals surface area contributed by atoms with Crippen molar-refractivity contribution in [3.8, 4) is 5.75 Å². The number of amides is 1. The minimum Gasteiger partial charge on any atom is -0.480 e. The summed E-state index contributed by atoms with van der Waals surface area (Å²) in [5.74, 6) is 0.405. The molecule has 1 aromatic heterocycles. The third kappa shape index (κ3) is 1.44. The van der Waals surface area contributed by atoms with Crippen molar-refractivity contribution in [1.29, 1.82) is 0 Å². The molecule has 0 aromatic carbocycles. The molecule has 1 amide bonds. The molecule has 2 heterocycles. The van der Waals surface area contributed by atoms with Crippen LogP contribution in [0.1, 0.15) is 17.4 Å². The Hall–Kier alpha value is -1.91. The van der Waals surface area contributed by atoms with E-state index in [1.165, 1.54) is 6.92 Å². The van der Waals surface area contributed by atoms with Crippen LogP contribution < -0.4 is 10.1 Å². The van der Waals surface area contributed by atoms with Crippen LogP contribution in [0.5, 0.6) is 5.75 Å². The number of hydrogen-bond acceptors (Lipinski definition) is 4. The van der Waals surface area contributed by atoms with Gasteiger partial charge in [-0.25, -0.2) is 4.98 Å². The summed E-state index contributed by atoms with van der Waals surface area (Å²) in [4.78, 5) is 25.9. The molecule has 0 radical (unpaired) electrons. The van der Waals surface area contributed by atoms with Gasteiger partial charge in [-0.1, -0.05) is 0 Å². The van der Waals surface area contributed by atoms with E-state index in [0.717, 1.165) is 0 Å². The van der Waals surface area contributed by atoms with E-state index < -0.39 is 0 Å². The molecular weight excluding hydrogens is 184 g/mol. The first-order chi connectivity index (χ1) is 6.66. The van der Waals surface area contributed by atoms with Gasteiger partial charge in [0.25, 0.3) is 5.91 Å². The topological polar surface area (TPSA) is 68.3 Å². The zero-order valence-electron chi connectivity index (χ0n) is 7.53. The van der Waals surface area contributed by atoms with E-state index in [1.54, 1.807) is 12.1 Å². The summed E-state index contributed by atoms with van der Waals surface area (Å²) in [5, 5.41) is 2.53. The van der Waals surface area contributed by atoms with E-state index in [-0.39, 0.29) is 18.3 Å². The van der Waals surface area contributed by atoms with Crippen LogP contribution in [0.2, 0.25) is 0 Å². The fraction of sp³-hybridized carbons (Fsp3) is 0.222. The van der Waals surface area contributed by atoms with Crippen molar-refractivity contribution >= 4 is 17.5 Å². The van der Waals surface area contributed by atoms with Crippen molar-refractivity contribution < 1.29 is 14.3 Å². The molecule has 2 rings (SSSR count). The van der Waals surface area contributed by atoms with Crippen LogP contribution >= 0.6 is 0 Å². The van der Waals surface area contributed by atoms with Crippen LogP contribution in [0, 0.1) is 0 Å². The molecule has 1 aliphatic heterocycles. The van der Waals surface area contributed by atoms with Gasteiger partial charge in [-0.2, -0.15) is 0 Å². The normalized spacial score (nSPS) is 13.9. The highest BCUT2D eigenvalue weighted by Gasteiger charge is 2.17. The number of Topliss-reactive ketones (excluding diaryl/α,β-unsaturated/α-hetero) is 1. The van der Waals surface area contributed by atoms with Crippen LogP contribution in [-0.4, -0.2) is 23.3 Å². The number of pyridine rings is 1. The fourth-order valence-corrected chi connectivity index (χ4v) is 1.16. The van der Waals surface area contributed by atoms with Gasteiger partial charge in [0.2, 0.25) is 0 Å². The number of ether oxygens (including phenoxy) is 1. The van der Waals surface area contributed by atoms with Crippen molar-refractivity contribution in [3.05, 3.63) is 17.8 Å². The highest BCUT2D eigenvalue weighted by atomic mass is 16.5. The second kappa shape index (κ2) is 3.10. The standard InChI is InChI=1S/C9H8N2O3/c1-5(12)6-2-3-7-9(10-6)11-8(13)4-14-7/h2-3H,4H2,1H3,(H,10,11,13). The number of nitrogens with zero attached hydrogens (tertiary/aromatic N) is 1. The van der Waals surface area contributed by atoms with Gasteiger partial charge in [0.05, 0.1) is 0 Å². The number of ketones is 1. The van der Waals surface area contributed by atoms with E-state index in [4.69, 9.17) is 4.74 Å². The van der Waals surface area contributed by atoms with Crippen molar-refractivity contribution in [3.63, 3.8) is 0 Å². The number of rotatable bonds is 1. The van der Waals surface area contributed by atoms with Gasteiger partial charge in [0.1, 0.15) is 5.69 Å². The van der Waals surface area contributed by atoms with Gasteiger partial charge in [-0.15, -0.1) is 0 Å². The molecule has 0 aliphatic carbocycles. The lowest BCUT2D eigenvalue weighted by Gasteiger charge is -2.16. The largest absolute Gasteiger partial charge is 0.480 e. The van der Waals surface area contributed by atoms with Crippen LogP contribution in [0.4, 0.5) is 5.82 Å². The predicted octanol–water partition coefficient (Wildman–Crippen LogP) is 0.615. The van der Waals surface area contributed by atoms with Gasteiger partial charge in [-0.05, 0) is 12.1 Å². The van der Waals surface area contributed by atoms with Crippen molar-refractivity contribution in [2.75, 3.05) is 11.9 Å². The van der Waals surface area contributed by atoms with E-state index >= 15 is 0 Å². The van der Waals surface area contributed by atoms with Crippen molar-refractivity contribution in [2.45, 2.75) is 6.92 Å². The Balaban J connectivity index is 2.42. The number of aromatic nitrogens is 1. The molecule has 0 saturated carbocycles. The zero-order valence-corrected chi connectivity index (χ0v) is 7.53. The first kappa shape index (κ1) is 8.68. The van der Waals surface area contributed by atoms with Gasteiger partial charge in [0.15, 0.2) is 24.0 Å². The number of fused-ring (bicyclic) bond motifs is 1. The average molecular weight is 192 g/mol. The Morgan fingerprint density at radius 3 is 3.07 bits per heavy atom. The third-order valence-electron chi connectivity index (χ3n) is 1.84. The fourth-order valence-electron chi connectivity index (χ4n) is 1.16. The highest BCUT2D eigenvalue weighted by molar-refractivity contribution is 5.96. The molecule has 0 atom stereocenters. The minimum absolute atomic E-state index is 0.00586. The number of anilines is 1. The summed E-state index contributed by atoms with van der Waals surface area (Å²) in [5.41, 5.74) is 0.314. The van der Waals surface area contributed by atoms with Crippen LogP contribution in [0.3, 0.4) is 0 Å². The van der Waals surface area contributed by atoms with Crippen LogP contribution in [0.25, 0.3) is 0 Å². The Labute approximate surface area is 80.1 Å². The molecule has 0 bridgehead atoms. The van der Waals surface area contributed by atoms with Crippen molar-refractivity contribution in [1.82, 2.24) is 4.98 Å². The molecule has 5 heteroatoms. The molecule has 0 fully saturated rings. The smallest absolute Gasteiger partial charge is 0.263 e. The van der Waals surface area contributed by atoms with Gasteiger partial charge in [-0.3, -0.25) is 9.59 Å². The maximum Gasteiger partial charge on any atom is 0.263 e. The highest BCUT2D eigenvalue weighted by Crippen LogP contribution is 2.25. The lowest BCUT2D eigenvalue weighted by atomic mass is 10.2. The molecular formula is C9H8N2O3. The summed E-state index contributed by atoms with van der Waals surface area (Å²) < 4.78 is 5.08. The second-order valence-electron chi connectivity index (χ2n) is 2.94. The minimum atomic E-state index is -0.259. The maximum atomic E-state index is 11.0. The summed E-state index contributed by atoms with van der Waals surface area (Å²) in [6, 6.07) is 3.19. The number of carbonyl (C=O) groups excluding carboxylic acids is 2. The SMILES string of the molecule is CC(=O)c1ccc2c(n1)NC(=O)CO2. The van der Waals surface area contributed by atoms with Gasteiger partial charge < -0.3 is 10.1 Å². The first-order valence-corrected chi connectivity index (χ1v) is 4.11. The van der Waals surface area contributed by atoms with E-state index in [0.29, 0.717) is 17.3 Å². The molecule has 1 aromatic rings. The lowest BCUT2D eigenvalue weighted by molar-refractivity contribution is -0.118. The quantitative estimate of drug-likeness (QED) is 0.662. The van der Waals surface area contributed by atoms with Gasteiger partial charge >= 0.3 is 0 Å². The van der Waals surface area contributed by atoms with E-state index in [2.05, 4.69) is 10.3 Å². The van der Waals surface area contributed by atoms with E-state index in [1.807, 2.05) is 0 Å². The van der Waals surface area contributed by atoms with E-state index in [9.17, 15) is 9.59 Å². The lowest BCUT2D eigenvalue weighted by Crippen LogP contribution is -2.26. The molecule has 0 spiro atoms. The number of hydrogen-bond donors (Lipinski definition) is 1. The molecule has 1 aliphatic rings. The zero-order chi connectivity index (χ0) is 10.1. The molecule has 14 heavy (non-hydrogen) atoms. The number of nitrogens with one attached hydrogen (secondary N) is 1. The third-order valence-corrected chi connectivity index (χ3v) is 1.84. The summed E-state index contributed by atoms with van der Waals surface area (Å²) in [6.45, 7) is 1.41. The van der Waals surface area contributed by atoms with Crippen molar-refractivity contribution in [2.24, 2.45) is 0 Å². The Bertz CT molecular complexity index is 415. The molecule has 0 saturated heterocycles. The molecule has 72 valence electrons. The molecule has 5 nitrogen and oxygen atoms in total.